The lowest BCUT2D eigenvalue weighted by Crippen LogP contribution is -2.22. The van der Waals surface area contributed by atoms with Gasteiger partial charge < -0.3 is 10.5 Å². The Kier molecular flexibility index (Phi) is 4.64. The van der Waals surface area contributed by atoms with Crippen LogP contribution < -0.4 is 5.73 Å². The van der Waals surface area contributed by atoms with Crippen molar-refractivity contribution in [3.05, 3.63) is 0 Å². The van der Waals surface area contributed by atoms with E-state index in [1.807, 2.05) is 0 Å². The quantitative estimate of drug-likeness (QED) is 0.276. The van der Waals surface area contributed by atoms with Gasteiger partial charge >= 0.3 is 6.16 Å². The van der Waals surface area contributed by atoms with Crippen LogP contribution in [0.15, 0.2) is 5.16 Å². The number of ether oxygens (including phenoxy) is 1. The molecule has 0 aromatic carbocycles. The number of nitriles is 1. The van der Waals surface area contributed by atoms with E-state index < -0.39 is 17.8 Å². The molecule has 70 valence electrons. The molecule has 2 N–H and O–H groups in total. The number of oxime groups is 1. The molecule has 0 radical (unpaired) electrons. The Morgan fingerprint density at radius 1 is 1.62 bits per heavy atom. The largest absolute Gasteiger partial charge is 0.535 e. The molecule has 0 spiro atoms. The maximum absolute atomic E-state index is 10.5. The van der Waals surface area contributed by atoms with Gasteiger partial charge in [0, 0.05) is 0 Å². The van der Waals surface area contributed by atoms with Crippen molar-refractivity contribution >= 4 is 17.8 Å². The first-order chi connectivity index (χ1) is 6.11. The van der Waals surface area contributed by atoms with E-state index in [0.29, 0.717) is 0 Å². The average molecular weight is 185 g/mol. The molecule has 1 amide bonds. The van der Waals surface area contributed by atoms with Crippen LogP contribution in [-0.4, -0.2) is 24.4 Å². The minimum absolute atomic E-state index is 0.104. The van der Waals surface area contributed by atoms with E-state index in [9.17, 15) is 9.59 Å². The fourth-order valence-electron chi connectivity index (χ4n) is 0.348. The minimum Gasteiger partial charge on any atom is -0.433 e. The van der Waals surface area contributed by atoms with Gasteiger partial charge in [-0.25, -0.2) is 4.79 Å². The zero-order chi connectivity index (χ0) is 10.3. The predicted octanol–water partition coefficient (Wildman–Crippen LogP) is -0.476. The van der Waals surface area contributed by atoms with Crippen LogP contribution in [-0.2, 0) is 14.4 Å². The molecule has 0 fully saturated rings. The Morgan fingerprint density at radius 3 is 2.62 bits per heavy atom. The maximum Gasteiger partial charge on any atom is 0.535 e. The molecular formula is C6H7N3O4. The van der Waals surface area contributed by atoms with Crippen LogP contribution in [0.3, 0.4) is 0 Å². The number of carbonyl (C=O) groups excluding carboxylic acids is 2. The second kappa shape index (κ2) is 5.54. The van der Waals surface area contributed by atoms with Crippen LogP contribution in [0, 0.1) is 11.3 Å². The van der Waals surface area contributed by atoms with Gasteiger partial charge in [-0.3, -0.25) is 9.63 Å². The van der Waals surface area contributed by atoms with E-state index in [-0.39, 0.29) is 6.61 Å². The van der Waals surface area contributed by atoms with E-state index in [2.05, 4.69) is 20.5 Å². The molecule has 0 aliphatic carbocycles. The van der Waals surface area contributed by atoms with E-state index in [1.165, 1.54) is 6.07 Å². The van der Waals surface area contributed by atoms with Crippen LogP contribution in [0.2, 0.25) is 0 Å². The summed E-state index contributed by atoms with van der Waals surface area (Å²) >= 11 is 0. The zero-order valence-electron chi connectivity index (χ0n) is 6.81. The van der Waals surface area contributed by atoms with Gasteiger partial charge in [0.2, 0.25) is 5.71 Å². The second-order valence-electron chi connectivity index (χ2n) is 1.69. The molecule has 0 aliphatic heterocycles. The van der Waals surface area contributed by atoms with Crippen molar-refractivity contribution in [1.82, 2.24) is 0 Å². The Bertz CT molecular complexity index is 278. The maximum atomic E-state index is 10.5. The summed E-state index contributed by atoms with van der Waals surface area (Å²) in [7, 11) is 0. The Morgan fingerprint density at radius 2 is 2.23 bits per heavy atom. The molecule has 0 saturated carbocycles. The lowest BCUT2D eigenvalue weighted by atomic mass is 10.4. The SMILES string of the molecule is CCOC(=O)O/N=C(\C#N)C(N)=O. The summed E-state index contributed by atoms with van der Waals surface area (Å²) in [6.45, 7) is 1.66. The number of nitrogens with two attached hydrogens (primary N) is 1. The Balaban J connectivity index is 4.17. The lowest BCUT2D eigenvalue weighted by molar-refractivity contribution is -0.112. The van der Waals surface area contributed by atoms with Crippen LogP contribution in [0.5, 0.6) is 0 Å². The molecule has 0 saturated heterocycles. The monoisotopic (exact) mass is 185 g/mol. The van der Waals surface area contributed by atoms with Crippen LogP contribution in [0.1, 0.15) is 6.92 Å². The van der Waals surface area contributed by atoms with Gasteiger partial charge in [-0.15, -0.1) is 0 Å². The highest BCUT2D eigenvalue weighted by Crippen LogP contribution is 1.87. The van der Waals surface area contributed by atoms with E-state index >= 15 is 0 Å². The number of hydrogen-bond acceptors (Lipinski definition) is 6. The number of carbonyl (C=O) groups is 2. The first kappa shape index (κ1) is 10.9. The molecule has 0 aromatic rings. The molecule has 7 heteroatoms. The summed E-state index contributed by atoms with van der Waals surface area (Å²) in [6, 6.07) is 1.34. The summed E-state index contributed by atoms with van der Waals surface area (Å²) in [5.74, 6) is -1.08. The van der Waals surface area contributed by atoms with Gasteiger partial charge in [-0.2, -0.15) is 5.26 Å². The molecule has 0 rings (SSSR count). The van der Waals surface area contributed by atoms with Crippen molar-refractivity contribution in [2.75, 3.05) is 6.61 Å². The normalized spacial score (nSPS) is 10.0. The second-order valence-corrected chi connectivity index (χ2v) is 1.69. The van der Waals surface area contributed by atoms with Gasteiger partial charge in [0.05, 0.1) is 6.61 Å². The highest BCUT2D eigenvalue weighted by atomic mass is 16.8. The van der Waals surface area contributed by atoms with Crippen LogP contribution >= 0.6 is 0 Å². The standard InChI is InChI=1S/C6H7N3O4/c1-2-12-6(11)13-9-4(3-7)5(8)10/h2H2,1H3,(H2,8,10)/b9-4+. The summed E-state index contributed by atoms with van der Waals surface area (Å²) in [6.07, 6.45) is -1.10. The fraction of sp³-hybridized carbons (Fsp3) is 0.333. The molecule has 7 nitrogen and oxygen atoms in total. The molecule has 0 bridgehead atoms. The van der Waals surface area contributed by atoms with Crippen LogP contribution in [0.4, 0.5) is 4.79 Å². The average Bonchev–Trinajstić information content (AvgIpc) is 2.05. The van der Waals surface area contributed by atoms with Crippen LogP contribution in [0.25, 0.3) is 0 Å². The summed E-state index contributed by atoms with van der Waals surface area (Å²) in [5.41, 5.74) is 3.98. The third-order valence-electron chi connectivity index (χ3n) is 0.813. The third-order valence-corrected chi connectivity index (χ3v) is 0.813. The lowest BCUT2D eigenvalue weighted by Gasteiger charge is -1.96. The van der Waals surface area contributed by atoms with Gasteiger partial charge in [0.25, 0.3) is 5.91 Å². The van der Waals surface area contributed by atoms with Gasteiger partial charge in [0.15, 0.2) is 0 Å². The highest BCUT2D eigenvalue weighted by molar-refractivity contribution is 6.44. The van der Waals surface area contributed by atoms with Gasteiger partial charge in [0.1, 0.15) is 6.07 Å². The topological polar surface area (TPSA) is 115 Å². The molecule has 0 heterocycles. The molecular weight excluding hydrogens is 178 g/mol. The number of hydrogen-bond donors (Lipinski definition) is 1. The Labute approximate surface area is 73.7 Å². The Hall–Kier alpha value is -2.10. The van der Waals surface area contributed by atoms with E-state index in [4.69, 9.17) is 5.26 Å². The highest BCUT2D eigenvalue weighted by Gasteiger charge is 2.08. The smallest absolute Gasteiger partial charge is 0.433 e. The fourth-order valence-corrected chi connectivity index (χ4v) is 0.348. The number of rotatable bonds is 3. The molecule has 0 atom stereocenters. The van der Waals surface area contributed by atoms with Gasteiger partial charge in [-0.05, 0) is 6.92 Å². The van der Waals surface area contributed by atoms with Crippen molar-refractivity contribution in [2.24, 2.45) is 10.9 Å². The molecule has 0 unspecified atom stereocenters. The zero-order valence-corrected chi connectivity index (χ0v) is 6.81. The first-order valence-corrected chi connectivity index (χ1v) is 3.23. The van der Waals surface area contributed by atoms with E-state index in [0.717, 1.165) is 0 Å². The van der Waals surface area contributed by atoms with Crippen molar-refractivity contribution in [3.63, 3.8) is 0 Å². The minimum atomic E-state index is -1.10. The molecule has 0 aliphatic rings. The number of amides is 1. The summed E-state index contributed by atoms with van der Waals surface area (Å²) in [4.78, 5) is 24.8. The van der Waals surface area contributed by atoms with Gasteiger partial charge in [-0.1, -0.05) is 5.16 Å². The van der Waals surface area contributed by atoms with Crippen molar-refractivity contribution in [2.45, 2.75) is 6.92 Å². The number of primary amides is 1. The third kappa shape index (κ3) is 4.36. The number of nitrogens with zero attached hydrogens (tertiary/aromatic N) is 2. The molecule has 13 heavy (non-hydrogen) atoms. The van der Waals surface area contributed by atoms with Crippen molar-refractivity contribution < 1.29 is 19.2 Å². The predicted molar refractivity (Wildman–Crippen MR) is 40.3 cm³/mol. The molecule has 0 aromatic heterocycles. The summed E-state index contributed by atoms with van der Waals surface area (Å²) < 4.78 is 4.29. The first-order valence-electron chi connectivity index (χ1n) is 3.23. The van der Waals surface area contributed by atoms with E-state index in [1.54, 1.807) is 6.92 Å². The summed E-state index contributed by atoms with van der Waals surface area (Å²) in [5, 5.41) is 11.1. The van der Waals surface area contributed by atoms with Crippen molar-refractivity contribution in [3.8, 4) is 6.07 Å². The van der Waals surface area contributed by atoms with Crippen molar-refractivity contribution in [1.29, 1.82) is 5.26 Å².